The first-order valence-corrected chi connectivity index (χ1v) is 6.18. The van der Waals surface area contributed by atoms with Crippen LogP contribution in [0.4, 0.5) is 5.69 Å². The topological polar surface area (TPSA) is 47.6 Å². The Morgan fingerprint density at radius 1 is 1.28 bits per heavy atom. The van der Waals surface area contributed by atoms with Crippen molar-refractivity contribution in [3.8, 4) is 0 Å². The summed E-state index contributed by atoms with van der Waals surface area (Å²) in [5.41, 5.74) is 3.55. The maximum Gasteiger partial charge on any atom is 0.332 e. The van der Waals surface area contributed by atoms with Crippen molar-refractivity contribution in [3.63, 3.8) is 0 Å². The predicted molar refractivity (Wildman–Crippen MR) is 71.9 cm³/mol. The van der Waals surface area contributed by atoms with Gasteiger partial charge in [-0.15, -0.1) is 0 Å². The molecule has 0 aromatic heterocycles. The highest BCUT2D eigenvalue weighted by atomic mass is 16.6. The average Bonchev–Trinajstić information content (AvgIpc) is 2.32. The Bertz CT molecular complexity index is 370. The van der Waals surface area contributed by atoms with Crippen LogP contribution in [0, 0.1) is 13.8 Å². The van der Waals surface area contributed by atoms with E-state index in [1.165, 1.54) is 11.1 Å². The molecule has 1 N–H and O–H groups in total. The molecule has 0 atom stereocenters. The monoisotopic (exact) mass is 251 g/mol. The van der Waals surface area contributed by atoms with Gasteiger partial charge in [0.05, 0.1) is 13.2 Å². The minimum absolute atomic E-state index is 0.0161. The highest BCUT2D eigenvalue weighted by Gasteiger charge is 2.02. The van der Waals surface area contributed by atoms with E-state index in [4.69, 9.17) is 9.47 Å². The van der Waals surface area contributed by atoms with Gasteiger partial charge in [0.15, 0.2) is 0 Å². The van der Waals surface area contributed by atoms with Crippen LogP contribution in [0.25, 0.3) is 0 Å². The quantitative estimate of drug-likeness (QED) is 0.596. The molecule has 0 aliphatic heterocycles. The first kappa shape index (κ1) is 14.5. The lowest BCUT2D eigenvalue weighted by Gasteiger charge is -2.12. The predicted octanol–water partition coefficient (Wildman–Crippen LogP) is 2.30. The number of anilines is 1. The summed E-state index contributed by atoms with van der Waals surface area (Å²) in [6.07, 6.45) is 0. The van der Waals surface area contributed by atoms with Crippen molar-refractivity contribution in [3.05, 3.63) is 29.3 Å². The minimum atomic E-state index is -0.315. The van der Waals surface area contributed by atoms with Crippen LogP contribution in [0.1, 0.15) is 18.1 Å². The third-order valence-electron chi connectivity index (χ3n) is 2.55. The van der Waals surface area contributed by atoms with E-state index in [9.17, 15) is 4.79 Å². The Labute approximate surface area is 108 Å². The Balaban J connectivity index is 2.24. The van der Waals surface area contributed by atoms with Crippen molar-refractivity contribution < 1.29 is 14.3 Å². The minimum Gasteiger partial charge on any atom is -0.464 e. The maximum absolute atomic E-state index is 11.0. The molecule has 0 fully saturated rings. The van der Waals surface area contributed by atoms with Gasteiger partial charge in [-0.2, -0.15) is 0 Å². The van der Waals surface area contributed by atoms with E-state index >= 15 is 0 Å². The Morgan fingerprint density at radius 3 is 2.56 bits per heavy atom. The fourth-order valence-corrected chi connectivity index (χ4v) is 1.70. The van der Waals surface area contributed by atoms with E-state index < -0.39 is 0 Å². The molecule has 0 amide bonds. The fraction of sp³-hybridized carbons (Fsp3) is 0.500. The fourth-order valence-electron chi connectivity index (χ4n) is 1.70. The van der Waals surface area contributed by atoms with E-state index in [-0.39, 0.29) is 12.6 Å². The van der Waals surface area contributed by atoms with Gasteiger partial charge in [0.1, 0.15) is 6.61 Å². The van der Waals surface area contributed by atoms with Crippen LogP contribution < -0.4 is 5.32 Å². The van der Waals surface area contributed by atoms with Crippen LogP contribution in [-0.4, -0.2) is 32.3 Å². The van der Waals surface area contributed by atoms with Crippen LogP contribution in [0.15, 0.2) is 18.2 Å². The first-order valence-electron chi connectivity index (χ1n) is 6.18. The number of carbonyl (C=O) groups excluding carboxylic acids is 1. The van der Waals surface area contributed by atoms with Crippen LogP contribution in [0.2, 0.25) is 0 Å². The first-order chi connectivity index (χ1) is 8.65. The number of ether oxygens (including phenoxy) is 2. The van der Waals surface area contributed by atoms with E-state index in [1.54, 1.807) is 6.92 Å². The van der Waals surface area contributed by atoms with Gasteiger partial charge in [0, 0.05) is 12.2 Å². The van der Waals surface area contributed by atoms with Crippen LogP contribution in [0.3, 0.4) is 0 Å². The number of aryl methyl sites for hydroxylation is 2. The van der Waals surface area contributed by atoms with Crippen molar-refractivity contribution in [1.82, 2.24) is 0 Å². The lowest BCUT2D eigenvalue weighted by atomic mass is 10.1. The van der Waals surface area contributed by atoms with Gasteiger partial charge >= 0.3 is 5.97 Å². The van der Waals surface area contributed by atoms with Gasteiger partial charge in [0.25, 0.3) is 0 Å². The molecule has 1 aromatic rings. The molecule has 0 saturated heterocycles. The molecule has 0 spiro atoms. The molecule has 100 valence electrons. The van der Waals surface area contributed by atoms with Gasteiger partial charge < -0.3 is 14.8 Å². The number of benzene rings is 1. The molecule has 4 nitrogen and oxygen atoms in total. The van der Waals surface area contributed by atoms with Crippen LogP contribution in [0.5, 0.6) is 0 Å². The number of hydrogen-bond donors (Lipinski definition) is 1. The largest absolute Gasteiger partial charge is 0.464 e. The zero-order valence-corrected chi connectivity index (χ0v) is 11.3. The summed E-state index contributed by atoms with van der Waals surface area (Å²) in [5.74, 6) is -0.315. The standard InChI is InChI=1S/C14H21NO3/c1-4-18-13(16)10-17-9-8-15-14-11(2)6-5-7-12(14)3/h5-7,15H,4,8-10H2,1-3H3. The van der Waals surface area contributed by atoms with E-state index in [2.05, 4.69) is 31.3 Å². The zero-order valence-electron chi connectivity index (χ0n) is 11.3. The molecule has 0 radical (unpaired) electrons. The highest BCUT2D eigenvalue weighted by Crippen LogP contribution is 2.18. The molecular formula is C14H21NO3. The number of para-hydroxylation sites is 1. The molecule has 18 heavy (non-hydrogen) atoms. The number of hydrogen-bond acceptors (Lipinski definition) is 4. The number of nitrogens with one attached hydrogen (secondary N) is 1. The Hall–Kier alpha value is -1.55. The summed E-state index contributed by atoms with van der Waals surface area (Å²) in [4.78, 5) is 11.0. The van der Waals surface area contributed by atoms with Crippen molar-refractivity contribution in [2.45, 2.75) is 20.8 Å². The average molecular weight is 251 g/mol. The molecule has 0 aliphatic rings. The Morgan fingerprint density at radius 2 is 1.94 bits per heavy atom. The van der Waals surface area contributed by atoms with E-state index in [0.29, 0.717) is 19.8 Å². The molecule has 1 rings (SSSR count). The summed E-state index contributed by atoms with van der Waals surface area (Å²) in [6, 6.07) is 6.16. The van der Waals surface area contributed by atoms with Crippen molar-refractivity contribution in [2.24, 2.45) is 0 Å². The normalized spacial score (nSPS) is 10.2. The lowest BCUT2D eigenvalue weighted by Crippen LogP contribution is -2.17. The SMILES string of the molecule is CCOC(=O)COCCNc1c(C)cccc1C. The summed E-state index contributed by atoms with van der Waals surface area (Å²) in [5, 5.41) is 3.31. The maximum atomic E-state index is 11.0. The van der Waals surface area contributed by atoms with Crippen LogP contribution >= 0.6 is 0 Å². The molecule has 0 heterocycles. The molecule has 0 aliphatic carbocycles. The zero-order chi connectivity index (χ0) is 13.4. The van der Waals surface area contributed by atoms with Gasteiger partial charge in [-0.05, 0) is 31.9 Å². The van der Waals surface area contributed by atoms with Gasteiger partial charge in [-0.1, -0.05) is 18.2 Å². The van der Waals surface area contributed by atoms with Gasteiger partial charge in [0.2, 0.25) is 0 Å². The van der Waals surface area contributed by atoms with E-state index in [0.717, 1.165) is 5.69 Å². The summed E-state index contributed by atoms with van der Waals surface area (Å²) < 4.78 is 9.97. The molecule has 1 aromatic carbocycles. The molecule has 4 heteroatoms. The van der Waals surface area contributed by atoms with Crippen molar-refractivity contribution >= 4 is 11.7 Å². The number of esters is 1. The van der Waals surface area contributed by atoms with Crippen LogP contribution in [-0.2, 0) is 14.3 Å². The summed E-state index contributed by atoms with van der Waals surface area (Å²) >= 11 is 0. The summed E-state index contributed by atoms with van der Waals surface area (Å²) in [6.45, 7) is 7.47. The number of rotatable bonds is 7. The lowest BCUT2D eigenvalue weighted by molar-refractivity contribution is -0.148. The molecular weight excluding hydrogens is 230 g/mol. The van der Waals surface area contributed by atoms with Gasteiger partial charge in [-0.25, -0.2) is 4.79 Å². The molecule has 0 bridgehead atoms. The third kappa shape index (κ3) is 4.75. The summed E-state index contributed by atoms with van der Waals surface area (Å²) in [7, 11) is 0. The Kier molecular flexibility index (Phi) is 6.22. The highest BCUT2D eigenvalue weighted by molar-refractivity contribution is 5.70. The second-order valence-electron chi connectivity index (χ2n) is 4.05. The molecule has 0 saturated carbocycles. The molecule has 0 unspecified atom stereocenters. The van der Waals surface area contributed by atoms with Gasteiger partial charge in [-0.3, -0.25) is 0 Å². The smallest absolute Gasteiger partial charge is 0.332 e. The number of carbonyl (C=O) groups is 1. The van der Waals surface area contributed by atoms with Crippen molar-refractivity contribution in [1.29, 1.82) is 0 Å². The van der Waals surface area contributed by atoms with Crippen molar-refractivity contribution in [2.75, 3.05) is 31.7 Å². The van der Waals surface area contributed by atoms with E-state index in [1.807, 2.05) is 6.07 Å². The second-order valence-corrected chi connectivity index (χ2v) is 4.05. The second kappa shape index (κ2) is 7.71. The third-order valence-corrected chi connectivity index (χ3v) is 2.55.